The number of morpholine rings is 1. The van der Waals surface area contributed by atoms with E-state index in [1.54, 1.807) is 12.1 Å². The molecule has 6 heteroatoms. The maximum Gasteiger partial charge on any atom is 0.338 e. The number of nitrogens with one attached hydrogen (secondary N) is 1. The molecule has 2 aromatic rings. The highest BCUT2D eigenvalue weighted by atomic mass is 16.5. The molecule has 0 radical (unpaired) electrons. The van der Waals surface area contributed by atoms with Gasteiger partial charge in [0.2, 0.25) is 0 Å². The van der Waals surface area contributed by atoms with Crippen LogP contribution in [0.25, 0.3) is 0 Å². The summed E-state index contributed by atoms with van der Waals surface area (Å²) in [7, 11) is 0. The number of aryl methyl sites for hydroxylation is 1. The van der Waals surface area contributed by atoms with Crippen LogP contribution in [-0.4, -0.2) is 49.7 Å². The summed E-state index contributed by atoms with van der Waals surface area (Å²) < 4.78 is 10.6. The Labute approximate surface area is 178 Å². The minimum absolute atomic E-state index is 0.101. The van der Waals surface area contributed by atoms with E-state index in [-0.39, 0.29) is 18.6 Å². The van der Waals surface area contributed by atoms with Gasteiger partial charge >= 0.3 is 5.97 Å². The monoisotopic (exact) mass is 410 g/mol. The predicted octanol–water partition coefficient (Wildman–Crippen LogP) is 3.25. The first kappa shape index (κ1) is 22.0. The van der Waals surface area contributed by atoms with Crippen molar-refractivity contribution in [1.82, 2.24) is 10.2 Å². The van der Waals surface area contributed by atoms with Crippen molar-refractivity contribution in [2.24, 2.45) is 0 Å². The van der Waals surface area contributed by atoms with E-state index in [2.05, 4.69) is 10.2 Å². The zero-order valence-corrected chi connectivity index (χ0v) is 17.7. The molecule has 2 aromatic carbocycles. The number of nitrogens with zero attached hydrogens (tertiary/aromatic N) is 1. The van der Waals surface area contributed by atoms with Gasteiger partial charge in [-0.25, -0.2) is 4.79 Å². The van der Waals surface area contributed by atoms with Crippen molar-refractivity contribution in [1.29, 1.82) is 0 Å². The Morgan fingerprint density at radius 1 is 1.07 bits per heavy atom. The van der Waals surface area contributed by atoms with Crippen LogP contribution in [0.3, 0.4) is 0 Å². The molecule has 0 aromatic heterocycles. The Bertz CT molecular complexity index is 827. The van der Waals surface area contributed by atoms with Gasteiger partial charge in [0.15, 0.2) is 6.61 Å². The highest BCUT2D eigenvalue weighted by molar-refractivity contribution is 5.91. The largest absolute Gasteiger partial charge is 0.452 e. The molecular formula is C24H30N2O4. The molecule has 160 valence electrons. The molecule has 1 saturated heterocycles. The highest BCUT2D eigenvalue weighted by Crippen LogP contribution is 2.17. The number of rotatable bonds is 8. The lowest BCUT2D eigenvalue weighted by Crippen LogP contribution is -2.35. The van der Waals surface area contributed by atoms with E-state index >= 15 is 0 Å². The van der Waals surface area contributed by atoms with Crippen LogP contribution in [0.1, 0.15) is 46.4 Å². The zero-order chi connectivity index (χ0) is 21.3. The Balaban J connectivity index is 1.46. The number of hydrogen-bond acceptors (Lipinski definition) is 5. The normalized spacial score (nSPS) is 15.4. The number of carbonyl (C=O) groups is 2. The molecule has 30 heavy (non-hydrogen) atoms. The van der Waals surface area contributed by atoms with Gasteiger partial charge in [-0.05, 0) is 36.6 Å². The first-order valence-electron chi connectivity index (χ1n) is 10.5. The molecule has 0 saturated carbocycles. The molecule has 1 aliphatic rings. The third kappa shape index (κ3) is 6.40. The number of hydrogen-bond donors (Lipinski definition) is 1. The van der Waals surface area contributed by atoms with Crippen LogP contribution in [0, 0.1) is 6.92 Å². The van der Waals surface area contributed by atoms with Crippen LogP contribution in [-0.2, 0) is 20.8 Å². The summed E-state index contributed by atoms with van der Waals surface area (Å²) >= 11 is 0. The Morgan fingerprint density at radius 2 is 1.73 bits per heavy atom. The lowest BCUT2D eigenvalue weighted by atomic mass is 10.0. The van der Waals surface area contributed by atoms with E-state index in [1.165, 1.54) is 5.56 Å². The molecule has 1 aliphatic heterocycles. The molecule has 3 rings (SSSR count). The van der Waals surface area contributed by atoms with Gasteiger partial charge < -0.3 is 14.8 Å². The van der Waals surface area contributed by atoms with Gasteiger partial charge in [-0.1, -0.05) is 48.9 Å². The van der Waals surface area contributed by atoms with Crippen molar-refractivity contribution in [2.45, 2.75) is 32.9 Å². The van der Waals surface area contributed by atoms with Crippen LogP contribution in [0.2, 0.25) is 0 Å². The third-order valence-corrected chi connectivity index (χ3v) is 5.26. The van der Waals surface area contributed by atoms with Crippen LogP contribution in [0.4, 0.5) is 0 Å². The Morgan fingerprint density at radius 3 is 2.37 bits per heavy atom. The maximum atomic E-state index is 12.3. The molecule has 1 fully saturated rings. The van der Waals surface area contributed by atoms with Crippen LogP contribution in [0.15, 0.2) is 48.5 Å². The van der Waals surface area contributed by atoms with Crippen molar-refractivity contribution < 1.29 is 19.1 Å². The average Bonchev–Trinajstić information content (AvgIpc) is 2.78. The van der Waals surface area contributed by atoms with Crippen LogP contribution >= 0.6 is 0 Å². The quantitative estimate of drug-likeness (QED) is 0.677. The number of esters is 1. The van der Waals surface area contributed by atoms with Gasteiger partial charge in [-0.2, -0.15) is 0 Å². The molecule has 1 amide bonds. The smallest absolute Gasteiger partial charge is 0.338 e. The van der Waals surface area contributed by atoms with E-state index in [0.717, 1.165) is 50.4 Å². The van der Waals surface area contributed by atoms with Gasteiger partial charge in [0, 0.05) is 19.6 Å². The molecule has 0 bridgehead atoms. The summed E-state index contributed by atoms with van der Waals surface area (Å²) in [6.45, 7) is 7.92. The minimum Gasteiger partial charge on any atom is -0.452 e. The second-order valence-corrected chi connectivity index (χ2v) is 7.60. The maximum absolute atomic E-state index is 12.3. The van der Waals surface area contributed by atoms with E-state index in [0.29, 0.717) is 5.56 Å². The molecule has 6 nitrogen and oxygen atoms in total. The fourth-order valence-electron chi connectivity index (χ4n) is 3.43. The topological polar surface area (TPSA) is 67.9 Å². The highest BCUT2D eigenvalue weighted by Gasteiger charge is 2.16. The molecular weight excluding hydrogens is 380 g/mol. The van der Waals surface area contributed by atoms with Gasteiger partial charge in [-0.15, -0.1) is 0 Å². The fraction of sp³-hybridized carbons (Fsp3) is 0.417. The van der Waals surface area contributed by atoms with Crippen molar-refractivity contribution >= 4 is 11.9 Å². The van der Waals surface area contributed by atoms with Crippen molar-refractivity contribution in [3.8, 4) is 0 Å². The first-order valence-corrected chi connectivity index (χ1v) is 10.5. The number of ether oxygens (including phenoxy) is 2. The summed E-state index contributed by atoms with van der Waals surface area (Å²) in [5, 5.41) is 2.93. The first-order chi connectivity index (χ1) is 14.5. The summed E-state index contributed by atoms with van der Waals surface area (Å²) in [5.41, 5.74) is 3.79. The lowest BCUT2D eigenvalue weighted by Gasteiger charge is -2.26. The van der Waals surface area contributed by atoms with E-state index in [4.69, 9.17) is 9.47 Å². The molecule has 0 aliphatic carbocycles. The Hall–Kier alpha value is -2.70. The Kier molecular flexibility index (Phi) is 7.99. The minimum atomic E-state index is -0.494. The van der Waals surface area contributed by atoms with Crippen LogP contribution in [0.5, 0.6) is 0 Å². The summed E-state index contributed by atoms with van der Waals surface area (Å²) in [4.78, 5) is 26.9. The summed E-state index contributed by atoms with van der Waals surface area (Å²) in [5.74, 6) is -0.800. The van der Waals surface area contributed by atoms with E-state index in [9.17, 15) is 9.59 Å². The van der Waals surface area contributed by atoms with Gasteiger partial charge in [0.1, 0.15) is 0 Å². The molecule has 1 heterocycles. The second-order valence-electron chi connectivity index (χ2n) is 7.60. The van der Waals surface area contributed by atoms with Gasteiger partial charge in [0.25, 0.3) is 5.91 Å². The van der Waals surface area contributed by atoms with Gasteiger partial charge in [-0.3, -0.25) is 9.69 Å². The number of carbonyl (C=O) groups excluding carboxylic acids is 2. The molecule has 1 atom stereocenters. The molecule has 0 unspecified atom stereocenters. The molecule has 1 N–H and O–H groups in total. The lowest BCUT2D eigenvalue weighted by molar-refractivity contribution is -0.125. The second kappa shape index (κ2) is 10.9. The van der Waals surface area contributed by atoms with Crippen molar-refractivity contribution in [3.05, 3.63) is 70.8 Å². The zero-order valence-electron chi connectivity index (χ0n) is 17.7. The SMILES string of the molecule is CC[C@H](NC(=O)COC(=O)c1ccc(CN2CCOCC2)cc1)c1ccc(C)cc1. The fourth-order valence-corrected chi connectivity index (χ4v) is 3.43. The van der Waals surface area contributed by atoms with Gasteiger partial charge in [0.05, 0.1) is 24.8 Å². The van der Waals surface area contributed by atoms with Crippen molar-refractivity contribution in [3.63, 3.8) is 0 Å². The molecule has 0 spiro atoms. The number of benzene rings is 2. The summed E-state index contributed by atoms with van der Waals surface area (Å²) in [6, 6.07) is 15.3. The third-order valence-electron chi connectivity index (χ3n) is 5.26. The van der Waals surface area contributed by atoms with Crippen molar-refractivity contribution in [2.75, 3.05) is 32.9 Å². The number of amides is 1. The summed E-state index contributed by atoms with van der Waals surface area (Å²) in [6.07, 6.45) is 0.757. The van der Waals surface area contributed by atoms with E-state index in [1.807, 2.05) is 50.2 Å². The predicted molar refractivity (Wildman–Crippen MR) is 115 cm³/mol. The van der Waals surface area contributed by atoms with E-state index < -0.39 is 5.97 Å². The average molecular weight is 411 g/mol. The van der Waals surface area contributed by atoms with Crippen LogP contribution < -0.4 is 5.32 Å². The standard InChI is InChI=1S/C24H30N2O4/c1-3-22(20-8-4-18(2)5-9-20)25-23(27)17-30-24(28)21-10-6-19(7-11-21)16-26-12-14-29-15-13-26/h4-11,22H,3,12-17H2,1-2H3,(H,25,27)/t22-/m0/s1.